The van der Waals surface area contributed by atoms with Gasteiger partial charge in [-0.15, -0.1) is 0 Å². The lowest BCUT2D eigenvalue weighted by Gasteiger charge is -2.18. The number of hydrogen-bond acceptors (Lipinski definition) is 6. The predicted molar refractivity (Wildman–Crippen MR) is 297 cm³/mol. The molecule has 0 aromatic rings. The van der Waals surface area contributed by atoms with Crippen molar-refractivity contribution in [3.63, 3.8) is 0 Å². The van der Waals surface area contributed by atoms with Crippen LogP contribution in [0, 0.1) is 0 Å². The second-order valence-corrected chi connectivity index (χ2v) is 19.2. The summed E-state index contributed by atoms with van der Waals surface area (Å²) in [6.45, 7) is 6.48. The number of unbranched alkanes of at least 4 members (excludes halogenated alkanes) is 27. The first kappa shape index (κ1) is 65.6. The molecule has 6 heteroatoms. The Morgan fingerprint density at radius 2 is 0.565 bits per heavy atom. The molecule has 0 bridgehead atoms. The van der Waals surface area contributed by atoms with Crippen molar-refractivity contribution >= 4 is 17.9 Å². The summed E-state index contributed by atoms with van der Waals surface area (Å²) in [6.07, 6.45) is 74.3. The molecule has 396 valence electrons. The van der Waals surface area contributed by atoms with Crippen molar-refractivity contribution in [2.24, 2.45) is 0 Å². The summed E-state index contributed by atoms with van der Waals surface area (Å²) in [4.78, 5) is 38.1. The fourth-order valence-corrected chi connectivity index (χ4v) is 7.99. The number of rotatable bonds is 52. The summed E-state index contributed by atoms with van der Waals surface area (Å²) >= 11 is 0. The molecular weight excluding hydrogens is 853 g/mol. The zero-order valence-electron chi connectivity index (χ0n) is 45.3. The molecule has 0 radical (unpaired) electrons. The van der Waals surface area contributed by atoms with Crippen molar-refractivity contribution in [3.05, 3.63) is 85.1 Å². The van der Waals surface area contributed by atoms with E-state index in [1.165, 1.54) is 135 Å². The van der Waals surface area contributed by atoms with Gasteiger partial charge in [-0.3, -0.25) is 14.4 Å². The highest BCUT2D eigenvalue weighted by Crippen LogP contribution is 2.14. The zero-order valence-corrected chi connectivity index (χ0v) is 45.3. The molecule has 6 nitrogen and oxygen atoms in total. The van der Waals surface area contributed by atoms with Crippen molar-refractivity contribution in [3.8, 4) is 0 Å². The second-order valence-electron chi connectivity index (χ2n) is 19.2. The van der Waals surface area contributed by atoms with Gasteiger partial charge < -0.3 is 14.2 Å². The Labute approximate surface area is 426 Å². The molecule has 0 N–H and O–H groups in total. The highest BCUT2D eigenvalue weighted by molar-refractivity contribution is 5.71. The minimum Gasteiger partial charge on any atom is -0.462 e. The minimum atomic E-state index is -0.797. The summed E-state index contributed by atoms with van der Waals surface area (Å²) in [7, 11) is 0. The number of carbonyl (C=O) groups excluding carboxylic acids is 3. The fourth-order valence-electron chi connectivity index (χ4n) is 7.99. The molecule has 69 heavy (non-hydrogen) atoms. The topological polar surface area (TPSA) is 78.9 Å². The number of allylic oxidation sites excluding steroid dienone is 14. The molecule has 0 aromatic heterocycles. The third-order valence-electron chi connectivity index (χ3n) is 12.4. The minimum absolute atomic E-state index is 0.0946. The third kappa shape index (κ3) is 55.4. The van der Waals surface area contributed by atoms with Crippen LogP contribution in [0.1, 0.15) is 278 Å². The second kappa shape index (κ2) is 57.2. The molecule has 0 saturated carbocycles. The van der Waals surface area contributed by atoms with Gasteiger partial charge in [0.25, 0.3) is 0 Å². The Bertz CT molecular complexity index is 1330. The van der Waals surface area contributed by atoms with Gasteiger partial charge in [0.05, 0.1) is 0 Å². The summed E-state index contributed by atoms with van der Waals surface area (Å²) in [5, 5.41) is 0. The molecule has 0 spiro atoms. The highest BCUT2D eigenvalue weighted by atomic mass is 16.6. The Kier molecular flexibility index (Phi) is 54.3. The van der Waals surface area contributed by atoms with Crippen LogP contribution in [0.15, 0.2) is 85.1 Å². The average Bonchev–Trinajstić information content (AvgIpc) is 3.35. The predicted octanol–water partition coefficient (Wildman–Crippen LogP) is 19.5. The van der Waals surface area contributed by atoms with Crippen LogP contribution in [0.2, 0.25) is 0 Å². The van der Waals surface area contributed by atoms with Crippen molar-refractivity contribution < 1.29 is 28.6 Å². The quantitative estimate of drug-likeness (QED) is 0.0262. The van der Waals surface area contributed by atoms with Crippen LogP contribution in [0.5, 0.6) is 0 Å². The van der Waals surface area contributed by atoms with Gasteiger partial charge in [0.2, 0.25) is 0 Å². The van der Waals surface area contributed by atoms with E-state index in [0.29, 0.717) is 19.3 Å². The van der Waals surface area contributed by atoms with Gasteiger partial charge >= 0.3 is 17.9 Å². The van der Waals surface area contributed by atoms with Crippen molar-refractivity contribution in [1.29, 1.82) is 0 Å². The summed E-state index contributed by atoms with van der Waals surface area (Å²) in [6, 6.07) is 0. The van der Waals surface area contributed by atoms with Crippen molar-refractivity contribution in [2.75, 3.05) is 13.2 Å². The van der Waals surface area contributed by atoms with Crippen LogP contribution < -0.4 is 0 Å². The maximum Gasteiger partial charge on any atom is 0.306 e. The van der Waals surface area contributed by atoms with E-state index in [4.69, 9.17) is 14.2 Å². The largest absolute Gasteiger partial charge is 0.462 e. The van der Waals surface area contributed by atoms with E-state index in [0.717, 1.165) is 103 Å². The van der Waals surface area contributed by atoms with E-state index in [1.807, 2.05) is 0 Å². The third-order valence-corrected chi connectivity index (χ3v) is 12.4. The Balaban J connectivity index is 4.41. The molecule has 0 rings (SSSR count). The molecule has 0 heterocycles. The summed E-state index contributed by atoms with van der Waals surface area (Å²) in [5.41, 5.74) is 0. The summed E-state index contributed by atoms with van der Waals surface area (Å²) < 4.78 is 16.8. The molecule has 0 aliphatic carbocycles. The number of hydrogen-bond donors (Lipinski definition) is 0. The number of esters is 3. The van der Waals surface area contributed by atoms with Gasteiger partial charge in [-0.2, -0.15) is 0 Å². The molecule has 0 aliphatic heterocycles. The smallest absolute Gasteiger partial charge is 0.306 e. The van der Waals surface area contributed by atoms with E-state index < -0.39 is 6.10 Å². The Morgan fingerprint density at radius 3 is 0.913 bits per heavy atom. The zero-order chi connectivity index (χ0) is 50.0. The molecule has 0 aromatic carbocycles. The van der Waals surface area contributed by atoms with Crippen LogP contribution in [0.25, 0.3) is 0 Å². The molecule has 0 aliphatic rings. The standard InChI is InChI=1S/C63H108O6/c1-4-7-10-13-16-19-22-25-27-29-30-31-32-34-35-38-41-44-47-50-53-56-62(65)68-59-60(58-67-61(64)55-52-49-46-43-40-37-24-21-18-15-12-9-6-3)69-63(66)57-54-51-48-45-42-39-36-33-28-26-23-20-17-14-11-8-5-2/h9,12,18,21-22,25-26,28-30,32,34,37,40,60H,4-8,10-11,13-17,19-20,23-24,27,31,33,35-36,38-39,41-59H2,1-3H3/b12-9-,21-18-,25-22-,28-26-,30-29-,34-32-,40-37-. The first-order valence-electron chi connectivity index (χ1n) is 29.1. The maximum absolute atomic E-state index is 12.9. The van der Waals surface area contributed by atoms with Gasteiger partial charge in [-0.05, 0) is 116 Å². The maximum atomic E-state index is 12.9. The van der Waals surface area contributed by atoms with Gasteiger partial charge in [0, 0.05) is 19.3 Å². The van der Waals surface area contributed by atoms with E-state index in [9.17, 15) is 14.4 Å². The molecule has 0 amide bonds. The highest BCUT2D eigenvalue weighted by Gasteiger charge is 2.19. The van der Waals surface area contributed by atoms with Crippen LogP contribution in [0.4, 0.5) is 0 Å². The first-order chi connectivity index (χ1) is 34.0. The van der Waals surface area contributed by atoms with Gasteiger partial charge in [0.15, 0.2) is 6.10 Å². The van der Waals surface area contributed by atoms with E-state index in [1.54, 1.807) is 0 Å². The van der Waals surface area contributed by atoms with E-state index in [-0.39, 0.29) is 31.1 Å². The van der Waals surface area contributed by atoms with Crippen molar-refractivity contribution in [1.82, 2.24) is 0 Å². The van der Waals surface area contributed by atoms with Crippen LogP contribution in [-0.4, -0.2) is 37.2 Å². The fraction of sp³-hybridized carbons (Fsp3) is 0.730. The molecule has 1 atom stereocenters. The lowest BCUT2D eigenvalue weighted by atomic mass is 10.1. The van der Waals surface area contributed by atoms with Gasteiger partial charge in [-0.1, -0.05) is 228 Å². The van der Waals surface area contributed by atoms with Crippen LogP contribution in [0.3, 0.4) is 0 Å². The monoisotopic (exact) mass is 961 g/mol. The Hall–Kier alpha value is -3.41. The number of ether oxygens (including phenoxy) is 3. The number of carbonyl (C=O) groups is 3. The molecule has 1 unspecified atom stereocenters. The molecular formula is C63H108O6. The van der Waals surface area contributed by atoms with Gasteiger partial charge in [0.1, 0.15) is 13.2 Å². The van der Waals surface area contributed by atoms with Crippen molar-refractivity contribution in [2.45, 2.75) is 284 Å². The lowest BCUT2D eigenvalue weighted by molar-refractivity contribution is -0.167. The van der Waals surface area contributed by atoms with E-state index >= 15 is 0 Å². The first-order valence-corrected chi connectivity index (χ1v) is 29.1. The SMILES string of the molecule is CC/C=C\C/C=C\C/C=C\CCCCCC(=O)OCC(COC(=O)CCCCCCCC/C=C\C/C=C\C/C=C\CCCCCCC)OC(=O)CCCCCCCCC/C=C\CCCCCCCC. The molecule has 0 saturated heterocycles. The van der Waals surface area contributed by atoms with Crippen LogP contribution >= 0.6 is 0 Å². The average molecular weight is 962 g/mol. The Morgan fingerprint density at radius 1 is 0.304 bits per heavy atom. The van der Waals surface area contributed by atoms with E-state index in [2.05, 4.69) is 106 Å². The summed E-state index contributed by atoms with van der Waals surface area (Å²) in [5.74, 6) is -0.935. The normalized spacial score (nSPS) is 12.7. The van der Waals surface area contributed by atoms with Gasteiger partial charge in [-0.25, -0.2) is 0 Å². The molecule has 0 fully saturated rings. The lowest BCUT2D eigenvalue weighted by Crippen LogP contribution is -2.30. The van der Waals surface area contributed by atoms with Crippen LogP contribution in [-0.2, 0) is 28.6 Å².